The fourth-order valence-corrected chi connectivity index (χ4v) is 2.13. The lowest BCUT2D eigenvalue weighted by molar-refractivity contribution is 0.310. The second kappa shape index (κ2) is 4.22. The molecule has 2 aromatic rings. The average Bonchev–Trinajstić information content (AvgIpc) is 2.93. The standard InChI is InChI=1S/C13H15N3O/c1-9-14-6-10(16-9)7-15-12-8-17-13-5-3-2-4-11(12)13/h2-6,12,15H,7-8H2,1H3,(H,14,16). The molecule has 3 rings (SSSR count). The van der Waals surface area contributed by atoms with Crippen LogP contribution in [-0.2, 0) is 6.54 Å². The third kappa shape index (κ3) is 2.03. The van der Waals surface area contributed by atoms with Gasteiger partial charge in [0.25, 0.3) is 0 Å². The van der Waals surface area contributed by atoms with Crippen LogP contribution < -0.4 is 10.1 Å². The van der Waals surface area contributed by atoms with Crippen molar-refractivity contribution >= 4 is 0 Å². The summed E-state index contributed by atoms with van der Waals surface area (Å²) < 4.78 is 5.62. The minimum Gasteiger partial charge on any atom is -0.491 e. The number of nitrogens with zero attached hydrogens (tertiary/aromatic N) is 1. The number of aromatic amines is 1. The van der Waals surface area contributed by atoms with Crippen LogP contribution in [0.5, 0.6) is 5.75 Å². The van der Waals surface area contributed by atoms with Gasteiger partial charge in [-0.2, -0.15) is 0 Å². The predicted molar refractivity (Wildman–Crippen MR) is 64.8 cm³/mol. The first-order chi connectivity index (χ1) is 8.33. The molecular formula is C13H15N3O. The highest BCUT2D eigenvalue weighted by atomic mass is 16.5. The van der Waals surface area contributed by atoms with Crippen LogP contribution in [0.4, 0.5) is 0 Å². The Hall–Kier alpha value is -1.81. The maximum atomic E-state index is 5.62. The fourth-order valence-electron chi connectivity index (χ4n) is 2.13. The molecule has 0 amide bonds. The van der Waals surface area contributed by atoms with Gasteiger partial charge in [-0.3, -0.25) is 0 Å². The van der Waals surface area contributed by atoms with Gasteiger partial charge in [0.05, 0.1) is 6.04 Å². The quantitative estimate of drug-likeness (QED) is 0.845. The number of benzene rings is 1. The van der Waals surface area contributed by atoms with E-state index in [0.717, 1.165) is 23.8 Å². The van der Waals surface area contributed by atoms with Crippen molar-refractivity contribution in [3.05, 3.63) is 47.5 Å². The summed E-state index contributed by atoms with van der Waals surface area (Å²) in [6.07, 6.45) is 1.87. The van der Waals surface area contributed by atoms with Crippen LogP contribution in [0.3, 0.4) is 0 Å². The van der Waals surface area contributed by atoms with Gasteiger partial charge in [0.1, 0.15) is 18.2 Å². The topological polar surface area (TPSA) is 49.9 Å². The Morgan fingerprint density at radius 2 is 2.35 bits per heavy atom. The van der Waals surface area contributed by atoms with Crippen LogP contribution in [0, 0.1) is 6.92 Å². The van der Waals surface area contributed by atoms with Crippen molar-refractivity contribution < 1.29 is 4.74 Å². The lowest BCUT2D eigenvalue weighted by atomic mass is 10.1. The van der Waals surface area contributed by atoms with E-state index in [0.29, 0.717) is 6.61 Å². The smallest absolute Gasteiger partial charge is 0.124 e. The summed E-state index contributed by atoms with van der Waals surface area (Å²) in [5.41, 5.74) is 2.34. The second-order valence-electron chi connectivity index (χ2n) is 4.28. The van der Waals surface area contributed by atoms with E-state index in [4.69, 9.17) is 4.74 Å². The van der Waals surface area contributed by atoms with E-state index in [1.54, 1.807) is 0 Å². The SMILES string of the molecule is Cc1ncc(CNC2COc3ccccc32)[nH]1. The summed E-state index contributed by atoms with van der Waals surface area (Å²) in [5, 5.41) is 3.47. The summed E-state index contributed by atoms with van der Waals surface area (Å²) in [7, 11) is 0. The number of rotatable bonds is 3. The van der Waals surface area contributed by atoms with Crippen LogP contribution in [-0.4, -0.2) is 16.6 Å². The van der Waals surface area contributed by atoms with Gasteiger partial charge in [-0.05, 0) is 13.0 Å². The zero-order valence-electron chi connectivity index (χ0n) is 9.73. The van der Waals surface area contributed by atoms with E-state index in [2.05, 4.69) is 21.4 Å². The van der Waals surface area contributed by atoms with E-state index in [1.807, 2.05) is 31.3 Å². The number of nitrogens with one attached hydrogen (secondary N) is 2. The molecule has 1 aromatic heterocycles. The van der Waals surface area contributed by atoms with Crippen LogP contribution in [0.2, 0.25) is 0 Å². The molecule has 1 unspecified atom stereocenters. The molecule has 1 aromatic carbocycles. The largest absolute Gasteiger partial charge is 0.491 e. The molecule has 1 aliphatic heterocycles. The number of aromatic nitrogens is 2. The third-order valence-electron chi connectivity index (χ3n) is 2.99. The first-order valence-corrected chi connectivity index (χ1v) is 5.78. The molecule has 0 aliphatic carbocycles. The van der Waals surface area contributed by atoms with E-state index in [9.17, 15) is 0 Å². The Kier molecular flexibility index (Phi) is 2.57. The summed E-state index contributed by atoms with van der Waals surface area (Å²) in [6.45, 7) is 3.44. The van der Waals surface area contributed by atoms with Gasteiger partial charge in [0.2, 0.25) is 0 Å². The van der Waals surface area contributed by atoms with Crippen LogP contribution in [0.25, 0.3) is 0 Å². The summed E-state index contributed by atoms with van der Waals surface area (Å²) >= 11 is 0. The van der Waals surface area contributed by atoms with Gasteiger partial charge in [-0.15, -0.1) is 0 Å². The fraction of sp³-hybridized carbons (Fsp3) is 0.308. The Bertz CT molecular complexity index is 521. The highest BCUT2D eigenvalue weighted by Crippen LogP contribution is 2.31. The number of imidazole rings is 1. The Balaban J connectivity index is 1.68. The third-order valence-corrected chi connectivity index (χ3v) is 2.99. The van der Waals surface area contributed by atoms with E-state index >= 15 is 0 Å². The first-order valence-electron chi connectivity index (χ1n) is 5.78. The zero-order chi connectivity index (χ0) is 11.7. The number of ether oxygens (including phenoxy) is 1. The number of fused-ring (bicyclic) bond motifs is 1. The molecule has 1 aliphatic rings. The molecule has 0 spiro atoms. The van der Waals surface area contributed by atoms with Gasteiger partial charge >= 0.3 is 0 Å². The van der Waals surface area contributed by atoms with Crippen molar-refractivity contribution in [2.75, 3.05) is 6.61 Å². The Morgan fingerprint density at radius 3 is 3.18 bits per heavy atom. The summed E-state index contributed by atoms with van der Waals surface area (Å²) in [6, 6.07) is 8.44. The molecule has 0 bridgehead atoms. The molecule has 1 atom stereocenters. The Labute approximate surface area is 100 Å². The van der Waals surface area contributed by atoms with Crippen LogP contribution >= 0.6 is 0 Å². The predicted octanol–water partition coefficient (Wildman–Crippen LogP) is 1.94. The van der Waals surface area contributed by atoms with Gasteiger partial charge < -0.3 is 15.0 Å². The molecule has 17 heavy (non-hydrogen) atoms. The molecule has 2 N–H and O–H groups in total. The van der Waals surface area contributed by atoms with Gasteiger partial charge in [-0.1, -0.05) is 18.2 Å². The molecule has 4 heteroatoms. The molecular weight excluding hydrogens is 214 g/mol. The maximum Gasteiger partial charge on any atom is 0.124 e. The lowest BCUT2D eigenvalue weighted by Crippen LogP contribution is -2.22. The number of hydrogen-bond donors (Lipinski definition) is 2. The molecule has 2 heterocycles. The van der Waals surface area contributed by atoms with Crippen molar-refractivity contribution in [3.63, 3.8) is 0 Å². The maximum absolute atomic E-state index is 5.62. The van der Waals surface area contributed by atoms with E-state index in [-0.39, 0.29) is 6.04 Å². The zero-order valence-corrected chi connectivity index (χ0v) is 9.73. The van der Waals surface area contributed by atoms with Crippen molar-refractivity contribution in [1.82, 2.24) is 15.3 Å². The molecule has 0 fully saturated rings. The van der Waals surface area contributed by atoms with Crippen LogP contribution in [0.15, 0.2) is 30.5 Å². The molecule has 0 saturated carbocycles. The summed E-state index contributed by atoms with van der Waals surface area (Å²) in [4.78, 5) is 7.39. The van der Waals surface area contributed by atoms with Gasteiger partial charge in [0.15, 0.2) is 0 Å². The van der Waals surface area contributed by atoms with Crippen molar-refractivity contribution in [2.24, 2.45) is 0 Å². The molecule has 0 radical (unpaired) electrons. The molecule has 4 nitrogen and oxygen atoms in total. The minimum absolute atomic E-state index is 0.273. The number of hydrogen-bond acceptors (Lipinski definition) is 3. The normalized spacial score (nSPS) is 17.8. The molecule has 0 saturated heterocycles. The Morgan fingerprint density at radius 1 is 1.47 bits per heavy atom. The van der Waals surface area contributed by atoms with Gasteiger partial charge in [0, 0.05) is 24.0 Å². The van der Waals surface area contributed by atoms with Crippen molar-refractivity contribution in [3.8, 4) is 5.75 Å². The van der Waals surface area contributed by atoms with E-state index < -0.39 is 0 Å². The van der Waals surface area contributed by atoms with Gasteiger partial charge in [-0.25, -0.2) is 4.98 Å². The number of H-pyrrole nitrogens is 1. The minimum atomic E-state index is 0.273. The highest BCUT2D eigenvalue weighted by molar-refractivity contribution is 5.39. The summed E-state index contributed by atoms with van der Waals surface area (Å²) in [5.74, 6) is 1.94. The first kappa shape index (κ1) is 10.4. The van der Waals surface area contributed by atoms with Crippen LogP contribution in [0.1, 0.15) is 23.1 Å². The monoisotopic (exact) mass is 229 g/mol. The van der Waals surface area contributed by atoms with Crippen molar-refractivity contribution in [1.29, 1.82) is 0 Å². The lowest BCUT2D eigenvalue weighted by Gasteiger charge is -2.10. The second-order valence-corrected chi connectivity index (χ2v) is 4.28. The highest BCUT2D eigenvalue weighted by Gasteiger charge is 2.22. The number of aryl methyl sites for hydroxylation is 1. The van der Waals surface area contributed by atoms with E-state index in [1.165, 1.54) is 5.56 Å². The molecule has 88 valence electrons. The van der Waals surface area contributed by atoms with Crippen molar-refractivity contribution in [2.45, 2.75) is 19.5 Å². The average molecular weight is 229 g/mol. The number of para-hydroxylation sites is 1.